The van der Waals surface area contributed by atoms with E-state index in [1.807, 2.05) is 45.3 Å². The van der Waals surface area contributed by atoms with Crippen molar-refractivity contribution in [2.24, 2.45) is 0 Å². The Morgan fingerprint density at radius 1 is 0.281 bits per heavy atom. The van der Waals surface area contributed by atoms with E-state index in [1.165, 1.54) is 137 Å². The molecule has 2 nitrogen and oxygen atoms in total. The molecule has 6 heteroatoms. The molecule has 0 saturated carbocycles. The first-order valence-electron chi connectivity index (χ1n) is 21.7. The summed E-state index contributed by atoms with van der Waals surface area (Å²) in [6.45, 7) is 8.88. The minimum atomic E-state index is 1.23. The summed E-state index contributed by atoms with van der Waals surface area (Å²) in [5.41, 5.74) is 22.8. The minimum absolute atomic E-state index is 1.23. The van der Waals surface area contributed by atoms with Gasteiger partial charge >= 0.3 is 0 Å². The van der Waals surface area contributed by atoms with Crippen molar-refractivity contribution in [1.82, 2.24) is 8.80 Å². The standard InChI is InChI=1S/C58H40N2S4/c1-33-13-5-9-17-41(33)37-21-25-45-49(29-37)61-55-53-57(63-50-30-38(22-26-46(50)59(45)53)42-18-10-6-14-34(42)2)58-54-56(55)62-51-31-39(43-19-11-7-15-35(43)3)23-27-47(51)60(54)48-28-24-40(32-52(48)64-58)44-20-12-8-16-36(44)4/h5-32H,1-4H3. The first kappa shape index (κ1) is 38.0. The molecule has 4 aromatic heterocycles. The second kappa shape index (κ2) is 14.5. The van der Waals surface area contributed by atoms with Crippen LogP contribution in [-0.4, -0.2) is 8.80 Å². The topological polar surface area (TPSA) is 8.82 Å². The molecule has 64 heavy (non-hydrogen) atoms. The largest absolute Gasteiger partial charge is 0.305 e. The molecule has 0 N–H and O–H groups in total. The van der Waals surface area contributed by atoms with Gasteiger partial charge in [-0.2, -0.15) is 0 Å². The molecule has 0 amide bonds. The molecule has 13 rings (SSSR count). The Kier molecular flexibility index (Phi) is 8.60. The molecule has 0 spiro atoms. The van der Waals surface area contributed by atoms with Crippen LogP contribution < -0.4 is 0 Å². The molecule has 0 aliphatic heterocycles. The number of hydrogen-bond donors (Lipinski definition) is 0. The summed E-state index contributed by atoms with van der Waals surface area (Å²) in [6, 6.07) is 63.6. The molecule has 0 atom stereocenters. The van der Waals surface area contributed by atoms with Gasteiger partial charge in [-0.15, -0.1) is 45.3 Å². The normalized spacial score (nSPS) is 12.1. The van der Waals surface area contributed by atoms with E-state index in [2.05, 4.69) is 206 Å². The average molecular weight is 893 g/mol. The Morgan fingerprint density at radius 2 is 0.516 bits per heavy atom. The maximum absolute atomic E-state index is 2.60. The third kappa shape index (κ3) is 5.73. The van der Waals surface area contributed by atoms with Crippen molar-refractivity contribution in [1.29, 1.82) is 0 Å². The number of aryl methyl sites for hydroxylation is 4. The van der Waals surface area contributed by atoms with Gasteiger partial charge in [0.05, 0.1) is 70.7 Å². The van der Waals surface area contributed by atoms with E-state index in [4.69, 9.17) is 0 Å². The molecule has 4 heterocycles. The van der Waals surface area contributed by atoms with Crippen LogP contribution in [0.4, 0.5) is 0 Å². The highest BCUT2D eigenvalue weighted by Crippen LogP contribution is 2.50. The van der Waals surface area contributed by atoms with Crippen LogP contribution in [0.3, 0.4) is 0 Å². The van der Waals surface area contributed by atoms with Crippen molar-refractivity contribution in [3.8, 4) is 44.5 Å². The van der Waals surface area contributed by atoms with E-state index >= 15 is 0 Å². The van der Waals surface area contributed by atoms with Crippen molar-refractivity contribution in [3.05, 3.63) is 192 Å². The highest BCUT2D eigenvalue weighted by Gasteiger charge is 2.23. The number of fused-ring (bicyclic) bond motifs is 10. The van der Waals surface area contributed by atoms with Crippen LogP contribution in [0.25, 0.3) is 115 Å². The molecule has 13 aromatic rings. The predicted molar refractivity (Wildman–Crippen MR) is 283 cm³/mol. The zero-order valence-corrected chi connectivity index (χ0v) is 39.0. The summed E-state index contributed by atoms with van der Waals surface area (Å²) >= 11 is 7.80. The molecule has 0 bridgehead atoms. The maximum Gasteiger partial charge on any atom is 0.0838 e. The van der Waals surface area contributed by atoms with Gasteiger partial charge in [0.15, 0.2) is 0 Å². The summed E-state index contributed by atoms with van der Waals surface area (Å²) < 4.78 is 15.6. The molecular formula is C58H40N2S4. The smallest absolute Gasteiger partial charge is 0.0838 e. The van der Waals surface area contributed by atoms with Crippen LogP contribution in [0.2, 0.25) is 0 Å². The van der Waals surface area contributed by atoms with E-state index in [1.54, 1.807) is 0 Å². The van der Waals surface area contributed by atoms with Crippen molar-refractivity contribution in [2.75, 3.05) is 0 Å². The van der Waals surface area contributed by atoms with Crippen LogP contribution in [0, 0.1) is 27.7 Å². The van der Waals surface area contributed by atoms with E-state index in [0.717, 1.165) is 0 Å². The Balaban J connectivity index is 1.24. The predicted octanol–water partition coefficient (Wildman–Crippen LogP) is 18.4. The summed E-state index contributed by atoms with van der Waals surface area (Å²) in [5.74, 6) is 0. The zero-order chi connectivity index (χ0) is 42.8. The molecule has 0 aliphatic rings. The van der Waals surface area contributed by atoms with Crippen LogP contribution in [0.1, 0.15) is 22.3 Å². The Morgan fingerprint density at radius 3 is 0.750 bits per heavy atom. The molecule has 0 fully saturated rings. The first-order chi connectivity index (χ1) is 31.4. The highest BCUT2D eigenvalue weighted by atomic mass is 32.1. The van der Waals surface area contributed by atoms with Crippen molar-refractivity contribution >= 4 is 116 Å². The summed E-state index contributed by atoms with van der Waals surface area (Å²) in [4.78, 5) is 0. The first-order valence-corrected chi connectivity index (χ1v) is 25.0. The van der Waals surface area contributed by atoms with E-state index < -0.39 is 0 Å². The number of benzene rings is 9. The maximum atomic E-state index is 2.60. The monoisotopic (exact) mass is 892 g/mol. The van der Waals surface area contributed by atoms with Gasteiger partial charge in [-0.25, -0.2) is 0 Å². The third-order valence-electron chi connectivity index (χ3n) is 13.2. The number of rotatable bonds is 4. The summed E-state index contributed by atoms with van der Waals surface area (Å²) in [7, 11) is 0. The minimum Gasteiger partial charge on any atom is -0.305 e. The Labute approximate surface area is 386 Å². The van der Waals surface area contributed by atoms with Crippen LogP contribution in [-0.2, 0) is 0 Å². The van der Waals surface area contributed by atoms with Gasteiger partial charge in [0.2, 0.25) is 0 Å². The molecule has 0 aliphatic carbocycles. The fraction of sp³-hybridized carbons (Fsp3) is 0.0690. The lowest BCUT2D eigenvalue weighted by Gasteiger charge is -2.21. The molecule has 0 unspecified atom stereocenters. The lowest BCUT2D eigenvalue weighted by atomic mass is 10.0. The second-order valence-corrected chi connectivity index (χ2v) is 21.3. The fourth-order valence-corrected chi connectivity index (χ4v) is 15.2. The molecular weight excluding hydrogens is 853 g/mol. The quantitative estimate of drug-likeness (QED) is 0.123. The van der Waals surface area contributed by atoms with Crippen molar-refractivity contribution in [3.63, 3.8) is 0 Å². The van der Waals surface area contributed by atoms with Gasteiger partial charge in [-0.05, 0) is 143 Å². The number of hydrogen-bond acceptors (Lipinski definition) is 4. The van der Waals surface area contributed by atoms with Crippen molar-refractivity contribution < 1.29 is 0 Å². The molecule has 0 radical (unpaired) electrons. The van der Waals surface area contributed by atoms with E-state index in [9.17, 15) is 0 Å². The van der Waals surface area contributed by atoms with Gasteiger partial charge in [-0.1, -0.05) is 121 Å². The number of nitrogens with zero attached hydrogens (tertiary/aromatic N) is 2. The fourth-order valence-electron chi connectivity index (χ4n) is 9.98. The van der Waals surface area contributed by atoms with Gasteiger partial charge in [0.25, 0.3) is 0 Å². The Hall–Kier alpha value is -6.54. The van der Waals surface area contributed by atoms with E-state index in [0.29, 0.717) is 0 Å². The number of aromatic nitrogens is 2. The Bertz CT molecular complexity index is 3610. The highest BCUT2D eigenvalue weighted by molar-refractivity contribution is 7.36. The van der Waals surface area contributed by atoms with Crippen molar-refractivity contribution in [2.45, 2.75) is 27.7 Å². The van der Waals surface area contributed by atoms with Gasteiger partial charge in [-0.3, -0.25) is 0 Å². The van der Waals surface area contributed by atoms with Crippen LogP contribution in [0.15, 0.2) is 170 Å². The molecule has 9 aromatic carbocycles. The SMILES string of the molecule is Cc1ccccc1-c1ccc2c(c1)sc1c3sc4cc(-c5ccccc5C)ccc4n4c5ccc(-c6ccccc6C)cc5sc(c5sc6cc(-c7ccccc7C)ccc6n2c15)c34. The third-order valence-corrected chi connectivity index (χ3v) is 18.0. The van der Waals surface area contributed by atoms with E-state index in [-0.39, 0.29) is 0 Å². The lowest BCUT2D eigenvalue weighted by Crippen LogP contribution is -2.00. The van der Waals surface area contributed by atoms with Gasteiger partial charge < -0.3 is 8.80 Å². The molecule has 0 saturated heterocycles. The van der Waals surface area contributed by atoms with Gasteiger partial charge in [0, 0.05) is 0 Å². The van der Waals surface area contributed by atoms with Crippen LogP contribution >= 0.6 is 45.3 Å². The molecule has 306 valence electrons. The summed E-state index contributed by atoms with van der Waals surface area (Å²) in [5, 5.41) is 0. The average Bonchev–Trinajstić information content (AvgIpc) is 3.32. The lowest BCUT2D eigenvalue weighted by molar-refractivity contribution is 1.33. The van der Waals surface area contributed by atoms with Crippen LogP contribution in [0.5, 0.6) is 0 Å². The zero-order valence-electron chi connectivity index (χ0n) is 35.7. The second-order valence-electron chi connectivity index (χ2n) is 17.1. The summed E-state index contributed by atoms with van der Waals surface area (Å²) in [6.07, 6.45) is 0. The van der Waals surface area contributed by atoms with Gasteiger partial charge in [0.1, 0.15) is 0 Å².